The molecule has 0 saturated heterocycles. The molecule has 0 unspecified atom stereocenters. The number of halogens is 1. The van der Waals surface area contributed by atoms with E-state index in [1.807, 2.05) is 43.3 Å². The molecule has 0 saturated carbocycles. The highest BCUT2D eigenvalue weighted by atomic mass is 35.5. The largest absolute Gasteiger partial charge is 0.494 e. The average molecular weight is 446 g/mol. The summed E-state index contributed by atoms with van der Waals surface area (Å²) in [5.74, 6) is -0.538. The number of carbonyl (C=O) groups is 2. The lowest BCUT2D eigenvalue weighted by Gasteiger charge is -2.21. The van der Waals surface area contributed by atoms with Crippen LogP contribution < -0.4 is 9.64 Å². The summed E-state index contributed by atoms with van der Waals surface area (Å²) in [5.41, 5.74) is 3.36. The first kappa shape index (κ1) is 21.4. The number of carboxylic acids is 1. The molecule has 160 valence electrons. The summed E-state index contributed by atoms with van der Waals surface area (Å²) in [6, 6.07) is 21.0. The van der Waals surface area contributed by atoms with Crippen LogP contribution in [-0.4, -0.2) is 23.6 Å². The highest BCUT2D eigenvalue weighted by Gasteiger charge is 2.30. The third kappa shape index (κ3) is 4.43. The molecule has 0 fully saturated rings. The van der Waals surface area contributed by atoms with E-state index in [0.29, 0.717) is 28.6 Å². The molecule has 4 rings (SSSR count). The summed E-state index contributed by atoms with van der Waals surface area (Å²) < 4.78 is 5.48. The molecule has 0 radical (unpaired) electrons. The van der Waals surface area contributed by atoms with Gasteiger partial charge in [-0.05, 0) is 72.7 Å². The van der Waals surface area contributed by atoms with E-state index in [4.69, 9.17) is 16.3 Å². The van der Waals surface area contributed by atoms with Crippen molar-refractivity contribution in [3.05, 3.63) is 106 Å². The van der Waals surface area contributed by atoms with Crippen molar-refractivity contribution >= 4 is 40.9 Å². The summed E-state index contributed by atoms with van der Waals surface area (Å²) in [5, 5.41) is 9.97. The molecule has 0 atom stereocenters. The van der Waals surface area contributed by atoms with Gasteiger partial charge in [0.05, 0.1) is 23.6 Å². The second-order valence-corrected chi connectivity index (χ2v) is 7.57. The summed E-state index contributed by atoms with van der Waals surface area (Å²) in [4.78, 5) is 26.4. The second kappa shape index (κ2) is 9.12. The molecule has 1 N–H and O–H groups in total. The molecule has 0 spiro atoms. The number of ether oxygens (including phenoxy) is 1. The predicted molar refractivity (Wildman–Crippen MR) is 126 cm³/mol. The fraction of sp³-hybridized carbons (Fsp3) is 0.0769. The number of amides is 1. The van der Waals surface area contributed by atoms with Gasteiger partial charge in [0, 0.05) is 10.6 Å². The molecular formula is C26H20ClNO4. The van der Waals surface area contributed by atoms with E-state index >= 15 is 0 Å². The molecule has 1 aliphatic rings. The topological polar surface area (TPSA) is 66.8 Å². The highest BCUT2D eigenvalue weighted by molar-refractivity contribution is 6.30. The minimum Gasteiger partial charge on any atom is -0.494 e. The Morgan fingerprint density at radius 3 is 2.44 bits per heavy atom. The predicted octanol–water partition coefficient (Wildman–Crippen LogP) is 5.91. The summed E-state index contributed by atoms with van der Waals surface area (Å²) in [7, 11) is 0. The van der Waals surface area contributed by atoms with Gasteiger partial charge < -0.3 is 9.84 Å². The first-order valence-corrected chi connectivity index (χ1v) is 10.4. The van der Waals surface area contributed by atoms with Gasteiger partial charge in [-0.15, -0.1) is 0 Å². The smallest absolute Gasteiger partial charge is 0.335 e. The van der Waals surface area contributed by atoms with E-state index in [0.717, 1.165) is 16.9 Å². The summed E-state index contributed by atoms with van der Waals surface area (Å²) in [6.45, 7) is 2.50. The lowest BCUT2D eigenvalue weighted by atomic mass is 10.1. The zero-order valence-corrected chi connectivity index (χ0v) is 18.0. The number of carboxylic acid groups (broad SMARTS) is 1. The van der Waals surface area contributed by atoms with Gasteiger partial charge in [-0.1, -0.05) is 41.9 Å². The Kier molecular flexibility index (Phi) is 6.10. The summed E-state index contributed by atoms with van der Waals surface area (Å²) in [6.07, 6.45) is 3.60. The van der Waals surface area contributed by atoms with E-state index in [9.17, 15) is 14.7 Å². The third-order valence-corrected chi connectivity index (χ3v) is 5.24. The van der Waals surface area contributed by atoms with E-state index in [-0.39, 0.29) is 11.5 Å². The molecule has 1 amide bonds. The number of rotatable bonds is 6. The standard InChI is InChI=1S/C26H20ClNO4/c1-2-32-23-12-6-17(7-13-23)14-20-16-24(18-8-10-21(27)11-9-18)28(25(20)29)22-5-3-4-19(15-22)26(30)31/h3-16H,2H2,1H3,(H,30,31)/b20-14+. The van der Waals surface area contributed by atoms with Crippen molar-refractivity contribution in [3.8, 4) is 5.75 Å². The van der Waals surface area contributed by atoms with Crippen LogP contribution in [0.5, 0.6) is 5.75 Å². The van der Waals surface area contributed by atoms with Crippen LogP contribution in [0, 0.1) is 0 Å². The molecule has 5 nitrogen and oxygen atoms in total. The minimum atomic E-state index is -1.05. The van der Waals surface area contributed by atoms with Crippen LogP contribution in [0.25, 0.3) is 11.8 Å². The van der Waals surface area contributed by atoms with Crippen LogP contribution in [0.2, 0.25) is 5.02 Å². The molecule has 1 heterocycles. The quantitative estimate of drug-likeness (QED) is 0.479. The third-order valence-electron chi connectivity index (χ3n) is 4.99. The second-order valence-electron chi connectivity index (χ2n) is 7.13. The molecule has 32 heavy (non-hydrogen) atoms. The molecule has 0 bridgehead atoms. The van der Waals surface area contributed by atoms with Crippen molar-refractivity contribution in [2.24, 2.45) is 0 Å². The Balaban J connectivity index is 1.78. The molecule has 6 heteroatoms. The fourth-order valence-corrected chi connectivity index (χ4v) is 3.62. The molecule has 3 aromatic carbocycles. The Morgan fingerprint density at radius 1 is 1.06 bits per heavy atom. The first-order valence-electron chi connectivity index (χ1n) is 10.1. The van der Waals surface area contributed by atoms with Gasteiger partial charge in [-0.3, -0.25) is 9.69 Å². The monoisotopic (exact) mass is 445 g/mol. The minimum absolute atomic E-state index is 0.106. The van der Waals surface area contributed by atoms with E-state index < -0.39 is 5.97 Å². The van der Waals surface area contributed by atoms with E-state index in [1.165, 1.54) is 17.0 Å². The molecule has 0 aromatic heterocycles. The van der Waals surface area contributed by atoms with Crippen molar-refractivity contribution in [1.29, 1.82) is 0 Å². The van der Waals surface area contributed by atoms with Crippen molar-refractivity contribution in [2.75, 3.05) is 11.5 Å². The van der Waals surface area contributed by atoms with Crippen LogP contribution in [-0.2, 0) is 4.79 Å². The van der Waals surface area contributed by atoms with Crippen LogP contribution in [0.3, 0.4) is 0 Å². The van der Waals surface area contributed by atoms with Crippen molar-refractivity contribution in [2.45, 2.75) is 6.92 Å². The van der Waals surface area contributed by atoms with Crippen LogP contribution >= 0.6 is 11.6 Å². The molecule has 1 aliphatic heterocycles. The van der Waals surface area contributed by atoms with E-state index in [2.05, 4.69) is 0 Å². The molecule has 0 aliphatic carbocycles. The number of benzene rings is 3. The van der Waals surface area contributed by atoms with Gasteiger partial charge >= 0.3 is 5.97 Å². The Labute approximate surface area is 190 Å². The van der Waals surface area contributed by atoms with Gasteiger partial charge in [-0.2, -0.15) is 0 Å². The lowest BCUT2D eigenvalue weighted by molar-refractivity contribution is -0.113. The maximum Gasteiger partial charge on any atom is 0.335 e. The van der Waals surface area contributed by atoms with Gasteiger partial charge in [0.15, 0.2) is 0 Å². The zero-order valence-electron chi connectivity index (χ0n) is 17.3. The highest BCUT2D eigenvalue weighted by Crippen LogP contribution is 2.36. The van der Waals surface area contributed by atoms with Crippen molar-refractivity contribution < 1.29 is 19.4 Å². The summed E-state index contributed by atoms with van der Waals surface area (Å²) >= 11 is 6.04. The number of anilines is 1. The Bertz CT molecular complexity index is 1230. The van der Waals surface area contributed by atoms with Crippen LogP contribution in [0.1, 0.15) is 28.4 Å². The number of hydrogen-bond donors (Lipinski definition) is 1. The number of hydrogen-bond acceptors (Lipinski definition) is 3. The number of carbonyl (C=O) groups excluding carboxylic acids is 1. The van der Waals surface area contributed by atoms with Gasteiger partial charge in [-0.25, -0.2) is 4.79 Å². The van der Waals surface area contributed by atoms with Gasteiger partial charge in [0.2, 0.25) is 0 Å². The van der Waals surface area contributed by atoms with E-state index in [1.54, 1.807) is 36.4 Å². The average Bonchev–Trinajstić information content (AvgIpc) is 3.11. The number of aromatic carboxylic acids is 1. The maximum absolute atomic E-state index is 13.4. The van der Waals surface area contributed by atoms with Gasteiger partial charge in [0.25, 0.3) is 5.91 Å². The Morgan fingerprint density at radius 2 is 1.78 bits per heavy atom. The van der Waals surface area contributed by atoms with Gasteiger partial charge in [0.1, 0.15) is 5.75 Å². The lowest BCUT2D eigenvalue weighted by Crippen LogP contribution is -2.25. The normalized spacial score (nSPS) is 14.6. The van der Waals surface area contributed by atoms with Crippen LogP contribution in [0.4, 0.5) is 5.69 Å². The molecular weight excluding hydrogens is 426 g/mol. The molecule has 3 aromatic rings. The SMILES string of the molecule is CCOc1ccc(/C=C2\C=C(c3ccc(Cl)cc3)N(c3cccc(C(=O)O)c3)C2=O)cc1. The van der Waals surface area contributed by atoms with Crippen LogP contribution in [0.15, 0.2) is 84.4 Å². The first-order chi connectivity index (χ1) is 15.5. The number of nitrogens with zero attached hydrogens (tertiary/aromatic N) is 1. The Hall–Kier alpha value is -3.83. The zero-order chi connectivity index (χ0) is 22.7. The fourth-order valence-electron chi connectivity index (χ4n) is 3.49. The van der Waals surface area contributed by atoms with Crippen molar-refractivity contribution in [1.82, 2.24) is 0 Å². The maximum atomic E-state index is 13.4. The van der Waals surface area contributed by atoms with Crippen molar-refractivity contribution in [3.63, 3.8) is 0 Å².